The fourth-order valence-electron chi connectivity index (χ4n) is 6.32. The number of fused-ring (bicyclic) bond motifs is 1. The number of allylic oxidation sites excluding steroid dienone is 3. The lowest BCUT2D eigenvalue weighted by Crippen LogP contribution is -2.37. The summed E-state index contributed by atoms with van der Waals surface area (Å²) in [6.07, 6.45) is 19.1. The van der Waals surface area contributed by atoms with E-state index in [1.807, 2.05) is 0 Å². The van der Waals surface area contributed by atoms with Gasteiger partial charge in [-0.15, -0.1) is 0 Å². The van der Waals surface area contributed by atoms with Gasteiger partial charge in [0.2, 0.25) is 0 Å². The molecule has 4 nitrogen and oxygen atoms in total. The third-order valence-electron chi connectivity index (χ3n) is 8.92. The molecule has 4 heteroatoms. The van der Waals surface area contributed by atoms with E-state index < -0.39 is 0 Å². The minimum absolute atomic E-state index is 0.657. The van der Waals surface area contributed by atoms with Crippen LogP contribution in [0.1, 0.15) is 128 Å². The van der Waals surface area contributed by atoms with Crippen LogP contribution in [0.4, 0.5) is 0 Å². The average molecular weight is 505 g/mol. The summed E-state index contributed by atoms with van der Waals surface area (Å²) >= 11 is 0. The Hall–Kier alpha value is -2.07. The molecule has 2 saturated carbocycles. The SMILES string of the molecule is CCCCNC(/N=C\C1=C(C)N(C2CCCCC2)Cc2cc(CNC3CCCCC3)ccc21)=C(/C)CC. The highest BCUT2D eigenvalue weighted by atomic mass is 15.2. The van der Waals surface area contributed by atoms with Gasteiger partial charge in [-0.05, 0) is 74.6 Å². The number of benzene rings is 1. The molecule has 0 aromatic heterocycles. The second-order valence-corrected chi connectivity index (χ2v) is 11.6. The van der Waals surface area contributed by atoms with Crippen LogP contribution < -0.4 is 10.6 Å². The van der Waals surface area contributed by atoms with Crippen LogP contribution in [0.2, 0.25) is 0 Å². The van der Waals surface area contributed by atoms with E-state index in [0.29, 0.717) is 12.1 Å². The van der Waals surface area contributed by atoms with Crippen LogP contribution in [0.3, 0.4) is 0 Å². The van der Waals surface area contributed by atoms with Crippen molar-refractivity contribution >= 4 is 11.8 Å². The molecule has 0 spiro atoms. The smallest absolute Gasteiger partial charge is 0.124 e. The van der Waals surface area contributed by atoms with E-state index in [1.54, 1.807) is 0 Å². The molecule has 0 amide bonds. The minimum atomic E-state index is 0.657. The zero-order valence-corrected chi connectivity index (χ0v) is 24.2. The quantitative estimate of drug-likeness (QED) is 0.236. The molecule has 1 aliphatic heterocycles. The first kappa shape index (κ1) is 28.0. The van der Waals surface area contributed by atoms with Crippen LogP contribution >= 0.6 is 0 Å². The topological polar surface area (TPSA) is 39.7 Å². The molecule has 0 bridgehead atoms. The number of unbranched alkanes of at least 4 members (excludes halogenated alkanes) is 1. The summed E-state index contributed by atoms with van der Waals surface area (Å²) in [6, 6.07) is 8.55. The molecule has 1 aromatic carbocycles. The lowest BCUT2D eigenvalue weighted by atomic mass is 9.88. The maximum atomic E-state index is 5.09. The maximum absolute atomic E-state index is 5.09. The molecule has 1 heterocycles. The van der Waals surface area contributed by atoms with Crippen molar-refractivity contribution in [2.45, 2.75) is 136 Å². The molecule has 4 rings (SSSR count). The zero-order valence-electron chi connectivity index (χ0n) is 24.2. The predicted octanol–water partition coefficient (Wildman–Crippen LogP) is 8.09. The first-order valence-corrected chi connectivity index (χ1v) is 15.4. The average Bonchev–Trinajstić information content (AvgIpc) is 2.95. The van der Waals surface area contributed by atoms with E-state index >= 15 is 0 Å². The van der Waals surface area contributed by atoms with E-state index in [9.17, 15) is 0 Å². The molecule has 2 fully saturated rings. The van der Waals surface area contributed by atoms with Crippen LogP contribution in [0, 0.1) is 0 Å². The van der Waals surface area contributed by atoms with E-state index in [0.717, 1.165) is 31.9 Å². The number of rotatable bonds is 11. The van der Waals surface area contributed by atoms with Gasteiger partial charge in [-0.25, -0.2) is 4.99 Å². The van der Waals surface area contributed by atoms with Gasteiger partial charge in [-0.2, -0.15) is 0 Å². The summed E-state index contributed by atoms with van der Waals surface area (Å²) in [5, 5.41) is 7.47. The number of nitrogens with zero attached hydrogens (tertiary/aromatic N) is 2. The molecule has 0 unspecified atom stereocenters. The highest BCUT2D eigenvalue weighted by molar-refractivity contribution is 6.12. The Morgan fingerprint density at radius 3 is 2.46 bits per heavy atom. The number of hydrogen-bond donors (Lipinski definition) is 2. The van der Waals surface area contributed by atoms with Crippen molar-refractivity contribution in [3.8, 4) is 0 Å². The van der Waals surface area contributed by atoms with E-state index in [2.05, 4.69) is 67.6 Å². The zero-order chi connectivity index (χ0) is 26.0. The largest absolute Gasteiger partial charge is 0.370 e. The third kappa shape index (κ3) is 7.50. The van der Waals surface area contributed by atoms with Gasteiger partial charge in [0.15, 0.2) is 0 Å². The molecule has 0 radical (unpaired) electrons. The van der Waals surface area contributed by atoms with Gasteiger partial charge in [-0.3, -0.25) is 0 Å². The molecular formula is C33H52N4. The van der Waals surface area contributed by atoms with E-state index in [1.165, 1.54) is 111 Å². The Labute approximate surface area is 227 Å². The Balaban J connectivity index is 1.60. The highest BCUT2D eigenvalue weighted by Gasteiger charge is 2.28. The lowest BCUT2D eigenvalue weighted by molar-refractivity contribution is 0.191. The summed E-state index contributed by atoms with van der Waals surface area (Å²) in [5.74, 6) is 1.06. The van der Waals surface area contributed by atoms with Crippen LogP contribution in [-0.4, -0.2) is 29.7 Å². The van der Waals surface area contributed by atoms with Gasteiger partial charge in [0.25, 0.3) is 0 Å². The highest BCUT2D eigenvalue weighted by Crippen LogP contribution is 2.36. The van der Waals surface area contributed by atoms with Gasteiger partial charge in [-0.1, -0.05) is 77.0 Å². The van der Waals surface area contributed by atoms with Crippen LogP contribution in [0.15, 0.2) is 40.3 Å². The van der Waals surface area contributed by atoms with Gasteiger partial charge < -0.3 is 15.5 Å². The number of aliphatic imine (C=N–C) groups is 1. The Morgan fingerprint density at radius 1 is 1.03 bits per heavy atom. The molecule has 2 aliphatic carbocycles. The fraction of sp³-hybridized carbons (Fsp3) is 0.667. The molecule has 2 N–H and O–H groups in total. The standard InChI is InChI=1S/C33H52N4/c1-5-7-20-34-33(25(3)6-2)36-23-32-26(4)37(30-16-12-9-13-17-30)24-28-21-27(18-19-31(28)32)22-35-29-14-10-8-11-15-29/h18-19,21,23,29-30,34-35H,5-17,20,22,24H2,1-4H3/b33-25+,36-23-. The van der Waals surface area contributed by atoms with Gasteiger partial charge in [0, 0.05) is 49.2 Å². The van der Waals surface area contributed by atoms with Gasteiger partial charge in [0.1, 0.15) is 5.82 Å². The second-order valence-electron chi connectivity index (χ2n) is 11.6. The normalized spacial score (nSPS) is 20.4. The summed E-state index contributed by atoms with van der Waals surface area (Å²) in [7, 11) is 0. The molecule has 0 saturated heterocycles. The molecule has 37 heavy (non-hydrogen) atoms. The Kier molecular flexibility index (Phi) is 10.7. The monoisotopic (exact) mass is 504 g/mol. The van der Waals surface area contributed by atoms with Crippen molar-refractivity contribution in [1.82, 2.24) is 15.5 Å². The minimum Gasteiger partial charge on any atom is -0.370 e. The molecule has 0 atom stereocenters. The van der Waals surface area contributed by atoms with Crippen LogP contribution in [-0.2, 0) is 13.1 Å². The first-order chi connectivity index (χ1) is 18.1. The van der Waals surface area contributed by atoms with Crippen LogP contribution in [0.5, 0.6) is 0 Å². The Bertz CT molecular complexity index is 961. The summed E-state index contributed by atoms with van der Waals surface area (Å²) in [6.45, 7) is 12.0. The Morgan fingerprint density at radius 2 is 1.76 bits per heavy atom. The summed E-state index contributed by atoms with van der Waals surface area (Å²) in [4.78, 5) is 7.80. The van der Waals surface area contributed by atoms with Gasteiger partial charge in [0.05, 0.1) is 0 Å². The number of nitrogens with one attached hydrogen (secondary N) is 2. The van der Waals surface area contributed by atoms with Crippen molar-refractivity contribution in [1.29, 1.82) is 0 Å². The van der Waals surface area contributed by atoms with E-state index in [4.69, 9.17) is 4.99 Å². The molecule has 3 aliphatic rings. The summed E-state index contributed by atoms with van der Waals surface area (Å²) in [5.41, 5.74) is 8.30. The van der Waals surface area contributed by atoms with Crippen molar-refractivity contribution in [2.75, 3.05) is 6.54 Å². The van der Waals surface area contributed by atoms with Crippen molar-refractivity contribution in [2.24, 2.45) is 4.99 Å². The van der Waals surface area contributed by atoms with Gasteiger partial charge >= 0.3 is 0 Å². The second kappa shape index (κ2) is 14.2. The fourth-order valence-corrected chi connectivity index (χ4v) is 6.32. The molecule has 204 valence electrons. The predicted molar refractivity (Wildman–Crippen MR) is 160 cm³/mol. The van der Waals surface area contributed by atoms with Crippen molar-refractivity contribution in [3.05, 3.63) is 52.0 Å². The third-order valence-corrected chi connectivity index (χ3v) is 8.92. The summed E-state index contributed by atoms with van der Waals surface area (Å²) < 4.78 is 0. The van der Waals surface area contributed by atoms with Crippen molar-refractivity contribution in [3.63, 3.8) is 0 Å². The van der Waals surface area contributed by atoms with Crippen molar-refractivity contribution < 1.29 is 0 Å². The lowest BCUT2D eigenvalue weighted by Gasteiger charge is -2.41. The molecular weight excluding hydrogens is 452 g/mol. The number of hydrogen-bond acceptors (Lipinski definition) is 4. The first-order valence-electron chi connectivity index (χ1n) is 15.4. The maximum Gasteiger partial charge on any atom is 0.124 e. The van der Waals surface area contributed by atoms with E-state index in [-0.39, 0.29) is 0 Å². The molecule has 1 aromatic rings. The van der Waals surface area contributed by atoms with Crippen LogP contribution in [0.25, 0.3) is 5.57 Å².